The highest BCUT2D eigenvalue weighted by Gasteiger charge is 2.23. The molecule has 0 fully saturated rings. The number of nitrogens with two attached hydrogens (primary N) is 1. The molecular weight excluding hydrogens is 412 g/mol. The molecule has 2 aromatic rings. The SMILES string of the molecule is CCOC(=O)c1[nH]c(C)c(C(=O)COC(=O)CCc2ccc(S(N)(=O)=O)cc2)c1C. The van der Waals surface area contributed by atoms with Crippen molar-refractivity contribution in [2.45, 2.75) is 38.5 Å². The van der Waals surface area contributed by atoms with E-state index in [2.05, 4.69) is 4.98 Å². The normalized spacial score (nSPS) is 11.2. The number of carbonyl (C=O) groups excluding carboxylic acids is 3. The van der Waals surface area contributed by atoms with Gasteiger partial charge in [-0.2, -0.15) is 0 Å². The van der Waals surface area contributed by atoms with Crippen LogP contribution in [0.4, 0.5) is 0 Å². The summed E-state index contributed by atoms with van der Waals surface area (Å²) >= 11 is 0. The monoisotopic (exact) mass is 436 g/mol. The fraction of sp³-hybridized carbons (Fsp3) is 0.350. The Bertz CT molecular complexity index is 1050. The van der Waals surface area contributed by atoms with Gasteiger partial charge in [0.25, 0.3) is 0 Å². The maximum Gasteiger partial charge on any atom is 0.355 e. The summed E-state index contributed by atoms with van der Waals surface area (Å²) in [6, 6.07) is 5.83. The molecule has 0 aliphatic carbocycles. The molecule has 1 aromatic heterocycles. The molecular formula is C20H24N2O7S. The molecule has 9 nitrogen and oxygen atoms in total. The zero-order valence-corrected chi connectivity index (χ0v) is 17.8. The number of Topliss-reactive ketones (excluding diaryl/α,β-unsaturated/α-hetero) is 1. The van der Waals surface area contributed by atoms with Gasteiger partial charge in [-0.1, -0.05) is 12.1 Å². The topological polar surface area (TPSA) is 146 Å². The van der Waals surface area contributed by atoms with Crippen LogP contribution in [0.3, 0.4) is 0 Å². The van der Waals surface area contributed by atoms with Crippen LogP contribution in [0.15, 0.2) is 29.2 Å². The lowest BCUT2D eigenvalue weighted by Crippen LogP contribution is -2.16. The van der Waals surface area contributed by atoms with E-state index in [1.165, 1.54) is 12.1 Å². The molecule has 0 saturated carbocycles. The van der Waals surface area contributed by atoms with E-state index in [1.807, 2.05) is 0 Å². The number of H-pyrrole nitrogens is 1. The average molecular weight is 436 g/mol. The number of esters is 2. The van der Waals surface area contributed by atoms with Crippen molar-refractivity contribution in [1.82, 2.24) is 4.98 Å². The maximum atomic E-state index is 12.5. The van der Waals surface area contributed by atoms with E-state index in [9.17, 15) is 22.8 Å². The highest BCUT2D eigenvalue weighted by molar-refractivity contribution is 7.89. The summed E-state index contributed by atoms with van der Waals surface area (Å²) in [4.78, 5) is 39.2. The van der Waals surface area contributed by atoms with E-state index in [4.69, 9.17) is 14.6 Å². The number of carbonyl (C=O) groups is 3. The number of hydrogen-bond acceptors (Lipinski definition) is 7. The van der Waals surface area contributed by atoms with E-state index >= 15 is 0 Å². The predicted molar refractivity (Wildman–Crippen MR) is 108 cm³/mol. The second kappa shape index (κ2) is 9.68. The molecule has 0 aliphatic rings. The van der Waals surface area contributed by atoms with Gasteiger partial charge in [-0.3, -0.25) is 9.59 Å². The predicted octanol–water partition coefficient (Wildman–Crippen LogP) is 1.81. The molecule has 162 valence electrons. The quantitative estimate of drug-likeness (QED) is 0.450. The van der Waals surface area contributed by atoms with Gasteiger partial charge in [0.15, 0.2) is 6.61 Å². The molecule has 30 heavy (non-hydrogen) atoms. The van der Waals surface area contributed by atoms with Crippen molar-refractivity contribution in [2.24, 2.45) is 5.14 Å². The van der Waals surface area contributed by atoms with Gasteiger partial charge in [0.2, 0.25) is 15.8 Å². The van der Waals surface area contributed by atoms with Gasteiger partial charge >= 0.3 is 11.9 Å². The summed E-state index contributed by atoms with van der Waals surface area (Å²) in [7, 11) is -3.77. The molecule has 10 heteroatoms. The number of aromatic nitrogens is 1. The molecule has 0 unspecified atom stereocenters. The van der Waals surface area contributed by atoms with Gasteiger partial charge in [-0.25, -0.2) is 18.4 Å². The number of ether oxygens (including phenoxy) is 2. The Labute approximate surface area is 174 Å². The van der Waals surface area contributed by atoms with Crippen LogP contribution in [0.25, 0.3) is 0 Å². The summed E-state index contributed by atoms with van der Waals surface area (Å²) < 4.78 is 32.5. The lowest BCUT2D eigenvalue weighted by molar-refractivity contribution is -0.142. The number of sulfonamides is 1. The minimum atomic E-state index is -3.77. The summed E-state index contributed by atoms with van der Waals surface area (Å²) in [6.45, 7) is 4.71. The van der Waals surface area contributed by atoms with Crippen molar-refractivity contribution in [3.63, 3.8) is 0 Å². The fourth-order valence-electron chi connectivity index (χ4n) is 2.96. The molecule has 0 spiro atoms. The van der Waals surface area contributed by atoms with Crippen LogP contribution in [-0.4, -0.2) is 44.3 Å². The van der Waals surface area contributed by atoms with Crippen LogP contribution in [0.5, 0.6) is 0 Å². The second-order valence-electron chi connectivity index (χ2n) is 6.62. The Hall–Kier alpha value is -2.98. The molecule has 0 saturated heterocycles. The molecule has 1 aromatic carbocycles. The first-order chi connectivity index (χ1) is 14.0. The number of primary sulfonamides is 1. The Morgan fingerprint density at radius 1 is 1.07 bits per heavy atom. The highest BCUT2D eigenvalue weighted by atomic mass is 32.2. The average Bonchev–Trinajstić information content (AvgIpc) is 2.98. The van der Waals surface area contributed by atoms with Crippen LogP contribution < -0.4 is 5.14 Å². The smallest absolute Gasteiger partial charge is 0.355 e. The molecule has 0 bridgehead atoms. The summed E-state index contributed by atoms with van der Waals surface area (Å²) in [5.74, 6) is -1.56. The molecule has 0 radical (unpaired) electrons. The van der Waals surface area contributed by atoms with Gasteiger partial charge in [0.1, 0.15) is 5.69 Å². The third kappa shape index (κ3) is 5.77. The van der Waals surface area contributed by atoms with Gasteiger partial charge in [0, 0.05) is 17.7 Å². The van der Waals surface area contributed by atoms with Crippen LogP contribution in [0.2, 0.25) is 0 Å². The van der Waals surface area contributed by atoms with Gasteiger partial charge in [-0.15, -0.1) is 0 Å². The molecule has 2 rings (SSSR count). The van der Waals surface area contributed by atoms with Crippen LogP contribution in [0, 0.1) is 13.8 Å². The van der Waals surface area contributed by atoms with Crippen molar-refractivity contribution in [3.05, 3.63) is 52.3 Å². The van der Waals surface area contributed by atoms with Crippen LogP contribution in [-0.2, 0) is 30.7 Å². The van der Waals surface area contributed by atoms with Crippen LogP contribution in [0.1, 0.15) is 51.0 Å². The first kappa shape index (κ1) is 23.3. The van der Waals surface area contributed by atoms with Gasteiger partial charge < -0.3 is 14.5 Å². The van der Waals surface area contributed by atoms with E-state index in [1.54, 1.807) is 32.9 Å². The van der Waals surface area contributed by atoms with Crippen LogP contribution >= 0.6 is 0 Å². The number of aromatic amines is 1. The van der Waals surface area contributed by atoms with E-state index in [-0.39, 0.29) is 23.6 Å². The van der Waals surface area contributed by atoms with Crippen molar-refractivity contribution in [3.8, 4) is 0 Å². The zero-order chi connectivity index (χ0) is 22.5. The maximum absolute atomic E-state index is 12.5. The Morgan fingerprint density at radius 3 is 2.27 bits per heavy atom. The summed E-state index contributed by atoms with van der Waals surface area (Å²) in [5, 5.41) is 5.04. The molecule has 0 amide bonds. The standard InChI is InChI=1S/C20H24N2O7S/c1-4-28-20(25)19-12(2)18(13(3)22-19)16(23)11-29-17(24)10-7-14-5-8-15(9-6-14)30(21,26)27/h5-6,8-9,22H,4,7,10-11H2,1-3H3,(H2,21,26,27). The molecule has 1 heterocycles. The molecule has 0 atom stereocenters. The van der Waals surface area contributed by atoms with E-state index in [0.29, 0.717) is 23.2 Å². The first-order valence-corrected chi connectivity index (χ1v) is 10.8. The first-order valence-electron chi connectivity index (χ1n) is 9.21. The number of aryl methyl sites for hydroxylation is 2. The Kier molecular flexibility index (Phi) is 7.52. The fourth-order valence-corrected chi connectivity index (χ4v) is 3.47. The van der Waals surface area contributed by atoms with Crippen molar-refractivity contribution in [2.75, 3.05) is 13.2 Å². The second-order valence-corrected chi connectivity index (χ2v) is 8.18. The largest absolute Gasteiger partial charge is 0.461 e. The van der Waals surface area contributed by atoms with Gasteiger partial charge in [-0.05, 0) is 50.5 Å². The third-order valence-electron chi connectivity index (χ3n) is 4.43. The van der Waals surface area contributed by atoms with Crippen molar-refractivity contribution >= 4 is 27.7 Å². The number of hydrogen-bond donors (Lipinski definition) is 2. The number of ketones is 1. The zero-order valence-electron chi connectivity index (χ0n) is 17.0. The summed E-state index contributed by atoms with van der Waals surface area (Å²) in [6.07, 6.45) is 0.328. The van der Waals surface area contributed by atoms with E-state index < -0.39 is 34.4 Å². The minimum Gasteiger partial charge on any atom is -0.461 e. The highest BCUT2D eigenvalue weighted by Crippen LogP contribution is 2.20. The summed E-state index contributed by atoms with van der Waals surface area (Å²) in [5.41, 5.74) is 2.16. The van der Waals surface area contributed by atoms with E-state index in [0.717, 1.165) is 5.56 Å². The molecule has 3 N–H and O–H groups in total. The van der Waals surface area contributed by atoms with Gasteiger partial charge in [0.05, 0.1) is 11.5 Å². The molecule has 0 aliphatic heterocycles. The lowest BCUT2D eigenvalue weighted by Gasteiger charge is -2.06. The minimum absolute atomic E-state index is 0.0150. The lowest BCUT2D eigenvalue weighted by atomic mass is 10.1. The van der Waals surface area contributed by atoms with Crippen molar-refractivity contribution in [1.29, 1.82) is 0 Å². The number of benzene rings is 1. The van der Waals surface area contributed by atoms with Crippen molar-refractivity contribution < 1.29 is 32.3 Å². The number of nitrogens with one attached hydrogen (secondary N) is 1. The third-order valence-corrected chi connectivity index (χ3v) is 5.36. The Morgan fingerprint density at radius 2 is 1.70 bits per heavy atom. The number of rotatable bonds is 9. The Balaban J connectivity index is 1.92.